The van der Waals surface area contributed by atoms with E-state index in [0.717, 1.165) is 11.8 Å². The van der Waals surface area contributed by atoms with Crippen LogP contribution in [0, 0.1) is 0 Å². The quantitative estimate of drug-likeness (QED) is 0.815. The number of aromatic nitrogens is 2. The highest BCUT2D eigenvalue weighted by atomic mass is 32.2. The average molecular weight is 325 g/mol. The molecule has 2 aromatic rings. The highest BCUT2D eigenvalue weighted by Crippen LogP contribution is 2.11. The molecule has 0 spiro atoms. The Bertz CT molecular complexity index is 752. The first kappa shape index (κ1) is 16.0. The molecule has 0 radical (unpaired) electrons. The van der Waals surface area contributed by atoms with Crippen molar-refractivity contribution >= 4 is 15.7 Å². The number of nitrogens with zero attached hydrogens (tertiary/aromatic N) is 2. The smallest absolute Gasteiger partial charge is 0.335 e. The predicted molar refractivity (Wildman–Crippen MR) is 76.0 cm³/mol. The summed E-state index contributed by atoms with van der Waals surface area (Å²) in [5, 5.41) is 9.07. The molecular weight excluding hydrogens is 310 g/mol. The first-order valence-electron chi connectivity index (χ1n) is 6.30. The van der Waals surface area contributed by atoms with Crippen molar-refractivity contribution in [2.24, 2.45) is 0 Å². The van der Waals surface area contributed by atoms with Crippen molar-refractivity contribution in [1.29, 1.82) is 0 Å². The number of rotatable bonds is 6. The van der Waals surface area contributed by atoms with Crippen LogP contribution in [0.1, 0.15) is 11.5 Å². The van der Waals surface area contributed by atoms with Crippen molar-refractivity contribution < 1.29 is 22.4 Å². The third kappa shape index (κ3) is 4.29. The monoisotopic (exact) mass is 325 g/mol. The Kier molecular flexibility index (Phi) is 4.76. The van der Waals surface area contributed by atoms with Crippen molar-refractivity contribution in [2.45, 2.75) is 18.2 Å². The fourth-order valence-corrected chi connectivity index (χ4v) is 2.06. The van der Waals surface area contributed by atoms with E-state index in [-0.39, 0.29) is 24.8 Å². The SMILES string of the molecule is COc1ccc(CC(=O)NCc2nnc(S(C)(=O)=O)o2)cc1. The molecule has 0 saturated heterocycles. The van der Waals surface area contributed by atoms with E-state index >= 15 is 0 Å². The molecule has 0 fully saturated rings. The van der Waals surface area contributed by atoms with Gasteiger partial charge in [-0.25, -0.2) is 8.42 Å². The second-order valence-electron chi connectivity index (χ2n) is 4.54. The van der Waals surface area contributed by atoms with Gasteiger partial charge in [0.05, 0.1) is 20.1 Å². The maximum atomic E-state index is 11.8. The second kappa shape index (κ2) is 6.56. The zero-order chi connectivity index (χ0) is 16.2. The fraction of sp³-hybridized carbons (Fsp3) is 0.308. The molecule has 118 valence electrons. The summed E-state index contributed by atoms with van der Waals surface area (Å²) in [4.78, 5) is 11.8. The Morgan fingerprint density at radius 1 is 1.27 bits per heavy atom. The van der Waals surface area contributed by atoms with Crippen LogP contribution in [0.4, 0.5) is 0 Å². The molecule has 0 aliphatic carbocycles. The third-order valence-corrected chi connectivity index (χ3v) is 3.53. The third-order valence-electron chi connectivity index (χ3n) is 2.73. The number of carbonyl (C=O) groups is 1. The molecule has 0 saturated carbocycles. The van der Waals surface area contributed by atoms with Gasteiger partial charge in [0.15, 0.2) is 0 Å². The summed E-state index contributed by atoms with van der Waals surface area (Å²) in [5.41, 5.74) is 0.820. The van der Waals surface area contributed by atoms with Gasteiger partial charge in [-0.3, -0.25) is 4.79 Å². The van der Waals surface area contributed by atoms with E-state index in [4.69, 9.17) is 9.15 Å². The van der Waals surface area contributed by atoms with E-state index in [1.54, 1.807) is 31.4 Å². The van der Waals surface area contributed by atoms with Gasteiger partial charge in [-0.2, -0.15) is 0 Å². The Labute approximate surface area is 127 Å². The Balaban J connectivity index is 1.88. The lowest BCUT2D eigenvalue weighted by molar-refractivity contribution is -0.120. The van der Waals surface area contributed by atoms with Crippen molar-refractivity contribution in [1.82, 2.24) is 15.5 Å². The van der Waals surface area contributed by atoms with Gasteiger partial charge < -0.3 is 14.5 Å². The maximum Gasteiger partial charge on any atom is 0.335 e. The van der Waals surface area contributed by atoms with Crippen LogP contribution in [0.2, 0.25) is 0 Å². The van der Waals surface area contributed by atoms with Crippen LogP contribution < -0.4 is 10.1 Å². The molecule has 22 heavy (non-hydrogen) atoms. The molecule has 1 heterocycles. The highest BCUT2D eigenvalue weighted by molar-refractivity contribution is 7.90. The van der Waals surface area contributed by atoms with E-state index in [1.165, 1.54) is 0 Å². The number of sulfone groups is 1. The lowest BCUT2D eigenvalue weighted by atomic mass is 10.1. The van der Waals surface area contributed by atoms with Gasteiger partial charge >= 0.3 is 5.22 Å². The highest BCUT2D eigenvalue weighted by Gasteiger charge is 2.16. The number of methoxy groups -OCH3 is 1. The number of hydrogen-bond donors (Lipinski definition) is 1. The van der Waals surface area contributed by atoms with Crippen LogP contribution in [0.5, 0.6) is 5.75 Å². The molecule has 0 bridgehead atoms. The van der Waals surface area contributed by atoms with E-state index < -0.39 is 15.1 Å². The molecular formula is C13H15N3O5S. The van der Waals surface area contributed by atoms with Crippen molar-refractivity contribution in [3.8, 4) is 5.75 Å². The summed E-state index contributed by atoms with van der Waals surface area (Å²) >= 11 is 0. The number of amides is 1. The number of carbonyl (C=O) groups excluding carboxylic acids is 1. The zero-order valence-corrected chi connectivity index (χ0v) is 12.9. The summed E-state index contributed by atoms with van der Waals surface area (Å²) in [6.45, 7) is -0.0302. The van der Waals surface area contributed by atoms with E-state index in [9.17, 15) is 13.2 Å². The van der Waals surface area contributed by atoms with Crippen LogP contribution >= 0.6 is 0 Å². The first-order chi connectivity index (χ1) is 10.4. The van der Waals surface area contributed by atoms with Crippen LogP contribution in [-0.4, -0.2) is 37.9 Å². The minimum Gasteiger partial charge on any atom is -0.497 e. The minimum atomic E-state index is -3.54. The van der Waals surface area contributed by atoms with Gasteiger partial charge in [-0.05, 0) is 17.7 Å². The molecule has 1 N–H and O–H groups in total. The second-order valence-corrected chi connectivity index (χ2v) is 6.43. The number of ether oxygens (including phenoxy) is 1. The average Bonchev–Trinajstić information content (AvgIpc) is 2.95. The number of hydrogen-bond acceptors (Lipinski definition) is 7. The lowest BCUT2D eigenvalue weighted by Gasteiger charge is -2.04. The lowest BCUT2D eigenvalue weighted by Crippen LogP contribution is -2.24. The Morgan fingerprint density at radius 3 is 2.50 bits per heavy atom. The van der Waals surface area contributed by atoms with E-state index in [2.05, 4.69) is 15.5 Å². The van der Waals surface area contributed by atoms with Crippen LogP contribution in [0.3, 0.4) is 0 Å². The normalized spacial score (nSPS) is 11.2. The van der Waals surface area contributed by atoms with Gasteiger partial charge in [0.25, 0.3) is 0 Å². The Morgan fingerprint density at radius 2 is 1.95 bits per heavy atom. The molecule has 2 rings (SSSR count). The summed E-state index contributed by atoms with van der Waals surface area (Å²) < 4.78 is 32.3. The zero-order valence-electron chi connectivity index (χ0n) is 12.1. The van der Waals surface area contributed by atoms with E-state index in [1.807, 2.05) is 0 Å². The molecule has 9 heteroatoms. The Hall–Kier alpha value is -2.42. The number of benzene rings is 1. The van der Waals surface area contributed by atoms with Gasteiger partial charge in [0.1, 0.15) is 5.75 Å². The molecule has 8 nitrogen and oxygen atoms in total. The summed E-state index contributed by atoms with van der Waals surface area (Å²) in [7, 11) is -1.97. The molecule has 0 unspecified atom stereocenters. The van der Waals surface area contributed by atoms with Crippen molar-refractivity contribution in [2.75, 3.05) is 13.4 Å². The van der Waals surface area contributed by atoms with Crippen molar-refractivity contribution in [3.63, 3.8) is 0 Å². The van der Waals surface area contributed by atoms with Gasteiger partial charge in [-0.1, -0.05) is 17.2 Å². The maximum absolute atomic E-state index is 11.8. The van der Waals surface area contributed by atoms with Gasteiger partial charge in [-0.15, -0.1) is 5.10 Å². The van der Waals surface area contributed by atoms with Crippen LogP contribution in [-0.2, 0) is 27.6 Å². The molecule has 1 aromatic heterocycles. The molecule has 1 amide bonds. The fourth-order valence-electron chi connectivity index (χ4n) is 1.62. The summed E-state index contributed by atoms with van der Waals surface area (Å²) in [6.07, 6.45) is 1.14. The summed E-state index contributed by atoms with van der Waals surface area (Å²) in [6, 6.07) is 7.09. The van der Waals surface area contributed by atoms with E-state index in [0.29, 0.717) is 5.75 Å². The van der Waals surface area contributed by atoms with Gasteiger partial charge in [0.2, 0.25) is 21.6 Å². The molecule has 0 aliphatic heterocycles. The predicted octanol–water partition coefficient (Wildman–Crippen LogP) is 0.341. The number of nitrogens with one attached hydrogen (secondary N) is 1. The van der Waals surface area contributed by atoms with Gasteiger partial charge in [0, 0.05) is 6.26 Å². The molecule has 1 aromatic carbocycles. The molecule has 0 aliphatic rings. The van der Waals surface area contributed by atoms with Crippen molar-refractivity contribution in [3.05, 3.63) is 35.7 Å². The minimum absolute atomic E-state index is 0.0302. The first-order valence-corrected chi connectivity index (χ1v) is 8.19. The largest absolute Gasteiger partial charge is 0.497 e. The standard InChI is InChI=1S/C13H15N3O5S/c1-20-10-5-3-9(4-6-10)7-11(17)14-8-12-15-16-13(21-12)22(2,18)19/h3-6H,7-8H2,1-2H3,(H,14,17). The molecule has 0 atom stereocenters. The summed E-state index contributed by atoms with van der Waals surface area (Å²) in [5.74, 6) is 0.496. The van der Waals surface area contributed by atoms with Crippen LogP contribution in [0.15, 0.2) is 33.9 Å². The topological polar surface area (TPSA) is 111 Å². The van der Waals surface area contributed by atoms with Crippen LogP contribution in [0.25, 0.3) is 0 Å².